The van der Waals surface area contributed by atoms with Crippen molar-refractivity contribution in [3.8, 4) is 0 Å². The summed E-state index contributed by atoms with van der Waals surface area (Å²) >= 11 is 0. The van der Waals surface area contributed by atoms with Crippen LogP contribution in [-0.4, -0.2) is 11.4 Å². The molecule has 0 heterocycles. The summed E-state index contributed by atoms with van der Waals surface area (Å²) in [5, 5.41) is 8.75. The van der Waals surface area contributed by atoms with Gasteiger partial charge in [0, 0.05) is 4.90 Å². The van der Waals surface area contributed by atoms with E-state index in [9.17, 15) is 0 Å². The highest BCUT2D eigenvalue weighted by Crippen LogP contribution is 2.28. The zero-order chi connectivity index (χ0) is 8.10. The molecule has 1 N–H and O–H groups in total. The van der Waals surface area contributed by atoms with Gasteiger partial charge >= 0.3 is 0 Å². The lowest BCUT2D eigenvalue weighted by Gasteiger charge is -1.98. The summed E-state index contributed by atoms with van der Waals surface area (Å²) in [5.74, 6) is 0. The monoisotopic (exact) mass is 186 g/mol. The van der Waals surface area contributed by atoms with Crippen molar-refractivity contribution in [2.24, 2.45) is 0 Å². The maximum absolute atomic E-state index is 8.75. The molecule has 0 atom stereocenters. The molecule has 11 heavy (non-hydrogen) atoms. The molecule has 0 saturated carbocycles. The van der Waals surface area contributed by atoms with Gasteiger partial charge in [-0.2, -0.15) is 0 Å². The van der Waals surface area contributed by atoms with Gasteiger partial charge in [-0.25, -0.2) is 0 Å². The molecule has 0 radical (unpaired) electrons. The molecule has 1 rings (SSSR count). The van der Waals surface area contributed by atoms with Crippen LogP contribution in [0.5, 0.6) is 0 Å². The summed E-state index contributed by atoms with van der Waals surface area (Å²) in [6.07, 6.45) is 2.05. The van der Waals surface area contributed by atoms with E-state index in [1.165, 1.54) is 4.90 Å². The molecule has 0 saturated heterocycles. The van der Waals surface area contributed by atoms with Gasteiger partial charge in [-0.15, -0.1) is 0 Å². The van der Waals surface area contributed by atoms with Crippen LogP contribution in [0, 0.1) is 0 Å². The van der Waals surface area contributed by atoms with Gasteiger partial charge in [-0.05, 0) is 24.0 Å². The molecule has 0 aliphatic carbocycles. The van der Waals surface area contributed by atoms with Gasteiger partial charge in [0.25, 0.3) is 0 Å². The quantitative estimate of drug-likeness (QED) is 0.733. The van der Waals surface area contributed by atoms with E-state index in [4.69, 9.17) is 5.11 Å². The van der Waals surface area contributed by atoms with Crippen molar-refractivity contribution in [1.82, 2.24) is 0 Å². The zero-order valence-corrected chi connectivity index (χ0v) is 7.91. The summed E-state index contributed by atoms with van der Waals surface area (Å²) in [6.45, 7) is 0.129. The van der Waals surface area contributed by atoms with E-state index in [0.717, 1.165) is 5.56 Å². The lowest BCUT2D eigenvalue weighted by Crippen LogP contribution is -1.80. The van der Waals surface area contributed by atoms with Crippen LogP contribution in [0.1, 0.15) is 5.56 Å². The Kier molecular flexibility index (Phi) is 3.83. The second-order valence-electron chi connectivity index (χ2n) is 2.05. The van der Waals surface area contributed by atoms with Gasteiger partial charge in [-0.3, -0.25) is 0 Å². The smallest absolute Gasteiger partial charge is 0.0681 e. The predicted molar refractivity (Wildman–Crippen MR) is 51.7 cm³/mol. The maximum atomic E-state index is 8.75. The lowest BCUT2D eigenvalue weighted by atomic mass is 10.2. The van der Waals surface area contributed by atoms with Crippen LogP contribution in [0.15, 0.2) is 29.2 Å². The molecule has 1 aromatic carbocycles. The molecule has 0 aliphatic heterocycles. The lowest BCUT2D eigenvalue weighted by molar-refractivity contribution is 0.282. The molecule has 0 fully saturated rings. The standard InChI is InChI=1S/C8H10OS2/c1-10-11-8-4-2-7(6-9)3-5-8/h2-5,9H,6H2,1H3. The minimum atomic E-state index is 0.129. The van der Waals surface area contributed by atoms with E-state index >= 15 is 0 Å². The van der Waals surface area contributed by atoms with Gasteiger partial charge in [0.1, 0.15) is 0 Å². The van der Waals surface area contributed by atoms with Gasteiger partial charge in [0.15, 0.2) is 0 Å². The number of aliphatic hydroxyl groups is 1. The molecular formula is C8H10OS2. The highest BCUT2D eigenvalue weighted by atomic mass is 33.1. The Morgan fingerprint density at radius 2 is 1.91 bits per heavy atom. The van der Waals surface area contributed by atoms with E-state index in [-0.39, 0.29) is 6.61 Å². The minimum Gasteiger partial charge on any atom is -0.392 e. The number of hydrogen-bond acceptors (Lipinski definition) is 3. The third kappa shape index (κ3) is 2.77. The molecule has 1 nitrogen and oxygen atoms in total. The van der Waals surface area contributed by atoms with Crippen molar-refractivity contribution < 1.29 is 5.11 Å². The summed E-state index contributed by atoms with van der Waals surface area (Å²) in [5.41, 5.74) is 0.968. The van der Waals surface area contributed by atoms with Gasteiger partial charge in [0.2, 0.25) is 0 Å². The van der Waals surface area contributed by atoms with E-state index in [0.29, 0.717) is 0 Å². The second-order valence-corrected chi connectivity index (χ2v) is 4.52. The van der Waals surface area contributed by atoms with Gasteiger partial charge in [-0.1, -0.05) is 33.7 Å². The van der Waals surface area contributed by atoms with Gasteiger partial charge < -0.3 is 5.11 Å². The Bertz CT molecular complexity index is 208. The first-order chi connectivity index (χ1) is 5.36. The molecule has 0 bridgehead atoms. The topological polar surface area (TPSA) is 20.2 Å². The largest absolute Gasteiger partial charge is 0.392 e. The van der Waals surface area contributed by atoms with Crippen molar-refractivity contribution in [3.05, 3.63) is 29.8 Å². The minimum absolute atomic E-state index is 0.129. The van der Waals surface area contributed by atoms with Crippen molar-refractivity contribution in [2.75, 3.05) is 6.26 Å². The molecule has 60 valence electrons. The maximum Gasteiger partial charge on any atom is 0.0681 e. The van der Waals surface area contributed by atoms with E-state index in [2.05, 4.69) is 0 Å². The molecule has 0 amide bonds. The number of hydrogen-bond donors (Lipinski definition) is 1. The Hall–Kier alpha value is -0.120. The van der Waals surface area contributed by atoms with Crippen molar-refractivity contribution in [3.63, 3.8) is 0 Å². The summed E-state index contributed by atoms with van der Waals surface area (Å²) in [6, 6.07) is 7.93. The van der Waals surface area contributed by atoms with E-state index in [1.807, 2.05) is 30.5 Å². The zero-order valence-electron chi connectivity index (χ0n) is 6.28. The third-order valence-corrected chi connectivity index (χ3v) is 2.99. The normalized spacial score (nSPS) is 10.0. The fraction of sp³-hybridized carbons (Fsp3) is 0.250. The van der Waals surface area contributed by atoms with Crippen LogP contribution in [0.2, 0.25) is 0 Å². The second kappa shape index (κ2) is 4.70. The SMILES string of the molecule is CSSc1ccc(CO)cc1. The van der Waals surface area contributed by atoms with Crippen molar-refractivity contribution >= 4 is 21.6 Å². The summed E-state index contributed by atoms with van der Waals surface area (Å²) in [4.78, 5) is 1.23. The Labute approximate surface area is 74.6 Å². The average molecular weight is 186 g/mol. The molecule has 0 spiro atoms. The highest BCUT2D eigenvalue weighted by Gasteiger charge is 1.92. The van der Waals surface area contributed by atoms with Crippen LogP contribution in [0.4, 0.5) is 0 Å². The number of benzene rings is 1. The molecule has 1 aromatic rings. The fourth-order valence-corrected chi connectivity index (χ4v) is 2.10. The van der Waals surface area contributed by atoms with Crippen molar-refractivity contribution in [2.45, 2.75) is 11.5 Å². The predicted octanol–water partition coefficient (Wildman–Crippen LogP) is 2.55. The van der Waals surface area contributed by atoms with Crippen molar-refractivity contribution in [1.29, 1.82) is 0 Å². The molecular weight excluding hydrogens is 176 g/mol. The molecule has 0 aliphatic rings. The van der Waals surface area contributed by atoms with E-state index < -0.39 is 0 Å². The van der Waals surface area contributed by atoms with Crippen LogP contribution in [0.25, 0.3) is 0 Å². The summed E-state index contributed by atoms with van der Waals surface area (Å²) in [7, 11) is 3.45. The molecule has 0 aromatic heterocycles. The average Bonchev–Trinajstić information content (AvgIpc) is 2.07. The van der Waals surface area contributed by atoms with Crippen LogP contribution in [0.3, 0.4) is 0 Å². The Morgan fingerprint density at radius 3 is 2.36 bits per heavy atom. The first kappa shape index (κ1) is 8.97. The first-order valence-electron chi connectivity index (χ1n) is 3.27. The molecule has 0 unspecified atom stereocenters. The Balaban J connectivity index is 2.66. The number of rotatable bonds is 3. The van der Waals surface area contributed by atoms with Gasteiger partial charge in [0.05, 0.1) is 6.61 Å². The van der Waals surface area contributed by atoms with Crippen LogP contribution < -0.4 is 0 Å². The highest BCUT2D eigenvalue weighted by molar-refractivity contribution is 8.76. The molecule has 3 heteroatoms. The fourth-order valence-electron chi connectivity index (χ4n) is 0.747. The van der Waals surface area contributed by atoms with E-state index in [1.54, 1.807) is 21.6 Å². The van der Waals surface area contributed by atoms with Crippen LogP contribution >= 0.6 is 21.6 Å². The van der Waals surface area contributed by atoms with Crippen LogP contribution in [-0.2, 0) is 6.61 Å². The first-order valence-corrected chi connectivity index (χ1v) is 5.83. The Morgan fingerprint density at radius 1 is 1.27 bits per heavy atom. The number of aliphatic hydroxyl groups excluding tert-OH is 1. The third-order valence-electron chi connectivity index (χ3n) is 1.29. The summed E-state index contributed by atoms with van der Waals surface area (Å²) < 4.78 is 0.